The van der Waals surface area contributed by atoms with Gasteiger partial charge in [-0.1, -0.05) is 45.5 Å². The molecule has 2 rings (SSSR count). The van der Waals surface area contributed by atoms with Crippen molar-refractivity contribution in [3.05, 3.63) is 72.8 Å². The van der Waals surface area contributed by atoms with Gasteiger partial charge >= 0.3 is 38.1 Å². The van der Waals surface area contributed by atoms with Gasteiger partial charge in [-0.15, -0.1) is 0 Å². The summed E-state index contributed by atoms with van der Waals surface area (Å²) in [7, 11) is -2.40. The second kappa shape index (κ2) is 14.7. The summed E-state index contributed by atoms with van der Waals surface area (Å²) in [4.78, 5) is 27.6. The summed E-state index contributed by atoms with van der Waals surface area (Å²) in [5.41, 5.74) is 0. The van der Waals surface area contributed by atoms with Crippen LogP contribution >= 0.6 is 0 Å². The summed E-state index contributed by atoms with van der Waals surface area (Å²) in [6.07, 6.45) is 2.05. The molecular formula is C16H14BF2LiO7. The first kappa shape index (κ1) is 24.5. The molecule has 0 fully saturated rings. The Morgan fingerprint density at radius 2 is 1.11 bits per heavy atom. The van der Waals surface area contributed by atoms with Gasteiger partial charge in [0.25, 0.3) is 0 Å². The van der Waals surface area contributed by atoms with Gasteiger partial charge in [0.1, 0.15) is 11.5 Å². The zero-order valence-corrected chi connectivity index (χ0v) is 13.2. The molecule has 0 radical (unpaired) electrons. The van der Waals surface area contributed by atoms with E-state index in [0.717, 1.165) is 12.2 Å². The van der Waals surface area contributed by atoms with E-state index in [1.807, 2.05) is 12.1 Å². The second-order valence-corrected chi connectivity index (χ2v) is 4.29. The number of hydrogen-bond donors (Lipinski definition) is 1. The standard InChI is InChI=1S/C16H12O4.BF2HO3.Li.H/c17-15(19-13-7-3-1-4-8-13)11-12-16(18)20-14-9-5-2-6-10-14;2-5-1(4)6-3;;/h1-12H;4H;;/b12-11-;;;. The third-order valence-electron chi connectivity index (χ3n) is 2.43. The summed E-state index contributed by atoms with van der Waals surface area (Å²) in [5.74, 6) is -0.445. The van der Waals surface area contributed by atoms with E-state index in [4.69, 9.17) is 14.5 Å². The number of halogens is 2. The van der Waals surface area contributed by atoms with Crippen LogP contribution in [0.15, 0.2) is 72.8 Å². The van der Waals surface area contributed by atoms with Crippen molar-refractivity contribution in [2.24, 2.45) is 0 Å². The summed E-state index contributed by atoms with van der Waals surface area (Å²) in [5, 5.41) is 7.47. The Kier molecular flexibility index (Phi) is 13.3. The van der Waals surface area contributed by atoms with Crippen LogP contribution in [0, 0.1) is 0 Å². The van der Waals surface area contributed by atoms with Crippen LogP contribution < -0.4 is 9.47 Å². The number of rotatable bonds is 6. The maximum absolute atomic E-state index is 11.5. The third-order valence-corrected chi connectivity index (χ3v) is 2.43. The first-order valence-electron chi connectivity index (χ1n) is 7.00. The van der Waals surface area contributed by atoms with Gasteiger partial charge in [-0.25, -0.2) is 9.59 Å². The fourth-order valence-electron chi connectivity index (χ4n) is 1.43. The third kappa shape index (κ3) is 11.7. The zero-order chi connectivity index (χ0) is 19.2. The Bertz CT molecular complexity index is 645. The molecule has 27 heavy (non-hydrogen) atoms. The van der Waals surface area contributed by atoms with E-state index < -0.39 is 19.3 Å². The Hall–Kier alpha value is -2.48. The predicted octanol–water partition coefficient (Wildman–Crippen LogP) is 1.87. The molecule has 0 spiro atoms. The average Bonchev–Trinajstić information content (AvgIpc) is 2.68. The fourth-order valence-corrected chi connectivity index (χ4v) is 1.43. The van der Waals surface area contributed by atoms with Crippen molar-refractivity contribution >= 4 is 38.1 Å². The molecule has 0 unspecified atom stereocenters. The fraction of sp³-hybridized carbons (Fsp3) is 0. The monoisotopic (exact) mass is 374 g/mol. The van der Waals surface area contributed by atoms with E-state index in [1.165, 1.54) is 0 Å². The van der Waals surface area contributed by atoms with Gasteiger partial charge in [0.2, 0.25) is 0 Å². The van der Waals surface area contributed by atoms with E-state index in [-0.39, 0.29) is 18.9 Å². The van der Waals surface area contributed by atoms with Gasteiger partial charge in [-0.05, 0) is 24.3 Å². The molecule has 2 aromatic rings. The molecule has 0 aliphatic carbocycles. The van der Waals surface area contributed by atoms with Crippen LogP contribution in [0.25, 0.3) is 0 Å². The van der Waals surface area contributed by atoms with E-state index in [2.05, 4.69) is 9.72 Å². The molecule has 0 bridgehead atoms. The number of esters is 2. The minimum atomic E-state index is -2.40. The molecule has 11 heteroatoms. The Morgan fingerprint density at radius 3 is 1.37 bits per heavy atom. The number of ether oxygens (including phenoxy) is 2. The molecule has 0 aliphatic heterocycles. The molecule has 138 valence electrons. The van der Waals surface area contributed by atoms with Crippen molar-refractivity contribution in [3.8, 4) is 11.5 Å². The molecule has 0 aromatic heterocycles. The number of benzene rings is 2. The van der Waals surface area contributed by atoms with Crippen molar-refractivity contribution < 1.29 is 42.9 Å². The molecule has 0 saturated carbocycles. The molecule has 0 amide bonds. The van der Waals surface area contributed by atoms with Crippen LogP contribution in [0.5, 0.6) is 11.5 Å². The maximum atomic E-state index is 11.5. The van der Waals surface area contributed by atoms with Gasteiger partial charge in [0.15, 0.2) is 0 Å². The molecule has 0 heterocycles. The Balaban J connectivity index is 0.000000842. The normalized spacial score (nSPS) is 9.44. The van der Waals surface area contributed by atoms with E-state index >= 15 is 0 Å². The van der Waals surface area contributed by atoms with Gasteiger partial charge < -0.3 is 14.5 Å². The van der Waals surface area contributed by atoms with Gasteiger partial charge in [0.05, 0.1) is 0 Å². The molecule has 0 aliphatic rings. The van der Waals surface area contributed by atoms with Crippen LogP contribution in [0.1, 0.15) is 0 Å². The van der Waals surface area contributed by atoms with Crippen LogP contribution in [0.3, 0.4) is 0 Å². The van der Waals surface area contributed by atoms with Gasteiger partial charge in [-0.3, -0.25) is 0 Å². The van der Waals surface area contributed by atoms with Crippen LogP contribution in [0.2, 0.25) is 0 Å². The van der Waals surface area contributed by atoms with Crippen LogP contribution in [-0.4, -0.2) is 43.1 Å². The molecular weight excluding hydrogens is 360 g/mol. The van der Waals surface area contributed by atoms with Crippen LogP contribution in [0.4, 0.5) is 9.05 Å². The zero-order valence-electron chi connectivity index (χ0n) is 13.2. The van der Waals surface area contributed by atoms with Gasteiger partial charge in [-0.2, -0.15) is 9.72 Å². The van der Waals surface area contributed by atoms with Crippen molar-refractivity contribution in [2.45, 2.75) is 0 Å². The number of para-hydroxylation sites is 2. The van der Waals surface area contributed by atoms with Crippen molar-refractivity contribution in [2.75, 3.05) is 0 Å². The van der Waals surface area contributed by atoms with Gasteiger partial charge in [0, 0.05) is 12.2 Å². The SMILES string of the molecule is O=C(/C=C\C(=O)Oc1ccccc1)Oc1ccccc1.OB(OF)OF.[LiH]. The summed E-state index contributed by atoms with van der Waals surface area (Å²) in [6, 6.07) is 17.2. The van der Waals surface area contributed by atoms with Crippen LogP contribution in [-0.2, 0) is 19.3 Å². The van der Waals surface area contributed by atoms with E-state index in [9.17, 15) is 18.6 Å². The molecule has 1 N–H and O–H groups in total. The summed E-state index contributed by atoms with van der Waals surface area (Å²) in [6.45, 7) is 0. The predicted molar refractivity (Wildman–Crippen MR) is 92.8 cm³/mol. The van der Waals surface area contributed by atoms with Crippen molar-refractivity contribution in [1.29, 1.82) is 0 Å². The molecule has 0 saturated heterocycles. The quantitative estimate of drug-likeness (QED) is 0.357. The first-order chi connectivity index (χ1) is 12.5. The molecule has 2 aromatic carbocycles. The number of carbonyl (C=O) groups excluding carboxylic acids is 2. The van der Waals surface area contributed by atoms with Crippen molar-refractivity contribution in [1.82, 2.24) is 0 Å². The average molecular weight is 374 g/mol. The Labute approximate surface area is 165 Å². The number of carbonyl (C=O) groups is 2. The van der Waals surface area contributed by atoms with E-state index in [1.54, 1.807) is 48.5 Å². The number of hydrogen-bond acceptors (Lipinski definition) is 7. The summed E-state index contributed by atoms with van der Waals surface area (Å²) < 4.78 is 30.5. The second-order valence-electron chi connectivity index (χ2n) is 4.29. The minimum absolute atomic E-state index is 0. The molecule has 0 atom stereocenters. The van der Waals surface area contributed by atoms with E-state index in [0.29, 0.717) is 11.5 Å². The summed E-state index contributed by atoms with van der Waals surface area (Å²) >= 11 is 0. The Morgan fingerprint density at radius 1 is 0.778 bits per heavy atom. The molecule has 7 nitrogen and oxygen atoms in total. The van der Waals surface area contributed by atoms with Crippen molar-refractivity contribution in [3.63, 3.8) is 0 Å². The topological polar surface area (TPSA) is 91.3 Å². The first-order valence-corrected chi connectivity index (χ1v) is 7.00.